The van der Waals surface area contributed by atoms with Crippen molar-refractivity contribution in [1.29, 1.82) is 5.26 Å². The van der Waals surface area contributed by atoms with Crippen LogP contribution in [0.4, 0.5) is 5.69 Å². The number of nitrogens with two attached hydrogens (primary N) is 1. The van der Waals surface area contributed by atoms with Gasteiger partial charge in [-0.3, -0.25) is 0 Å². The Balaban J connectivity index is 2.19. The van der Waals surface area contributed by atoms with Crippen molar-refractivity contribution in [2.24, 2.45) is 5.73 Å². The largest absolute Gasteiger partial charge is 0.365 e. The van der Waals surface area contributed by atoms with Gasteiger partial charge in [-0.25, -0.2) is 0 Å². The van der Waals surface area contributed by atoms with Crippen molar-refractivity contribution >= 4 is 17.3 Å². The molecule has 2 atom stereocenters. The number of nitrogens with zero attached hydrogens (tertiary/aromatic N) is 2. The van der Waals surface area contributed by atoms with Gasteiger partial charge >= 0.3 is 0 Å². The van der Waals surface area contributed by atoms with Crippen LogP contribution in [0, 0.1) is 11.3 Å². The van der Waals surface area contributed by atoms with Crippen LogP contribution in [0.25, 0.3) is 0 Å². The van der Waals surface area contributed by atoms with E-state index in [4.69, 9.17) is 27.3 Å². The predicted octanol–water partition coefficient (Wildman–Crippen LogP) is 2.09. The smallest absolute Gasteiger partial charge is 0.161 e. The van der Waals surface area contributed by atoms with E-state index < -0.39 is 0 Å². The molecule has 0 bridgehead atoms. The maximum atomic E-state index is 8.88. The third-order valence-electron chi connectivity index (χ3n) is 3.05. The van der Waals surface area contributed by atoms with Crippen LogP contribution in [0.1, 0.15) is 18.5 Å². The molecule has 5 heteroatoms. The molecule has 4 nitrogen and oxygen atoms in total. The van der Waals surface area contributed by atoms with Crippen molar-refractivity contribution in [2.45, 2.75) is 19.1 Å². The average Bonchev–Trinajstić information content (AvgIpc) is 2.38. The Hall–Kier alpha value is -1.28. The molecule has 0 aliphatic carbocycles. The van der Waals surface area contributed by atoms with E-state index in [1.54, 1.807) is 0 Å². The number of hydrogen-bond donors (Lipinski definition) is 1. The molecule has 18 heavy (non-hydrogen) atoms. The molecule has 2 rings (SSSR count). The second-order valence-corrected chi connectivity index (χ2v) is 4.84. The van der Waals surface area contributed by atoms with Gasteiger partial charge in [0.05, 0.1) is 19.2 Å². The minimum atomic E-state index is -0.370. The first-order valence-corrected chi connectivity index (χ1v) is 6.31. The average molecular weight is 266 g/mol. The first-order valence-electron chi connectivity index (χ1n) is 5.93. The molecule has 0 aromatic heterocycles. The van der Waals surface area contributed by atoms with Crippen molar-refractivity contribution in [3.8, 4) is 6.07 Å². The highest BCUT2D eigenvalue weighted by Gasteiger charge is 2.20. The number of morpholine rings is 1. The summed E-state index contributed by atoms with van der Waals surface area (Å²) in [5, 5.41) is 9.55. The van der Waals surface area contributed by atoms with Crippen LogP contribution in [0.5, 0.6) is 0 Å². The quantitative estimate of drug-likeness (QED) is 0.889. The van der Waals surface area contributed by atoms with E-state index in [0.29, 0.717) is 18.2 Å². The lowest BCUT2D eigenvalue weighted by Crippen LogP contribution is -2.41. The molecule has 1 aliphatic rings. The Morgan fingerprint density at radius 2 is 2.39 bits per heavy atom. The highest BCUT2D eigenvalue weighted by atomic mass is 35.5. The van der Waals surface area contributed by atoms with Crippen LogP contribution in [-0.4, -0.2) is 25.8 Å². The van der Waals surface area contributed by atoms with Crippen molar-refractivity contribution < 1.29 is 4.74 Å². The molecule has 1 saturated heterocycles. The number of hydrogen-bond acceptors (Lipinski definition) is 4. The molecule has 96 valence electrons. The summed E-state index contributed by atoms with van der Waals surface area (Å²) < 4.78 is 5.32. The third kappa shape index (κ3) is 2.75. The van der Waals surface area contributed by atoms with E-state index in [-0.39, 0.29) is 12.1 Å². The van der Waals surface area contributed by atoms with Gasteiger partial charge in [-0.05, 0) is 24.6 Å². The second-order valence-electron chi connectivity index (χ2n) is 4.43. The zero-order valence-electron chi connectivity index (χ0n) is 10.3. The summed E-state index contributed by atoms with van der Waals surface area (Å²) in [7, 11) is 0. The number of nitriles is 1. The van der Waals surface area contributed by atoms with Crippen LogP contribution in [0.15, 0.2) is 18.2 Å². The molecule has 0 amide bonds. The molecule has 1 aromatic carbocycles. The summed E-state index contributed by atoms with van der Waals surface area (Å²) in [6.07, 6.45) is -0.370. The fraction of sp³-hybridized carbons (Fsp3) is 0.462. The molecule has 1 heterocycles. The summed E-state index contributed by atoms with van der Waals surface area (Å²) in [4.78, 5) is 2.11. The van der Waals surface area contributed by atoms with E-state index in [0.717, 1.165) is 17.8 Å². The van der Waals surface area contributed by atoms with E-state index in [2.05, 4.69) is 11.0 Å². The van der Waals surface area contributed by atoms with Crippen molar-refractivity contribution in [1.82, 2.24) is 0 Å². The third-order valence-corrected chi connectivity index (χ3v) is 3.38. The van der Waals surface area contributed by atoms with Crippen LogP contribution < -0.4 is 10.6 Å². The van der Waals surface area contributed by atoms with Crippen molar-refractivity contribution in [3.05, 3.63) is 28.8 Å². The summed E-state index contributed by atoms with van der Waals surface area (Å²) in [5.41, 5.74) is 7.77. The van der Waals surface area contributed by atoms with Gasteiger partial charge in [0.25, 0.3) is 0 Å². The molecule has 1 aliphatic heterocycles. The summed E-state index contributed by atoms with van der Waals surface area (Å²) >= 11 is 6.21. The van der Waals surface area contributed by atoms with Gasteiger partial charge in [0, 0.05) is 23.3 Å². The molecular weight excluding hydrogens is 250 g/mol. The normalized spacial score (nSPS) is 21.4. The van der Waals surface area contributed by atoms with E-state index in [1.807, 2.05) is 25.1 Å². The van der Waals surface area contributed by atoms with Crippen LogP contribution in [0.3, 0.4) is 0 Å². The molecule has 0 spiro atoms. The van der Waals surface area contributed by atoms with Crippen molar-refractivity contribution in [2.75, 3.05) is 24.6 Å². The molecule has 0 radical (unpaired) electrons. The van der Waals surface area contributed by atoms with Gasteiger partial charge in [0.1, 0.15) is 0 Å². The maximum Gasteiger partial charge on any atom is 0.161 e. The van der Waals surface area contributed by atoms with Gasteiger partial charge in [0.15, 0.2) is 6.10 Å². The van der Waals surface area contributed by atoms with E-state index >= 15 is 0 Å². The number of halogens is 1. The fourth-order valence-corrected chi connectivity index (χ4v) is 2.39. The Bertz CT molecular complexity index is 470. The first kappa shape index (κ1) is 13.2. The molecule has 1 fully saturated rings. The summed E-state index contributed by atoms with van der Waals surface area (Å²) in [6, 6.07) is 7.89. The maximum absolute atomic E-state index is 8.88. The predicted molar refractivity (Wildman–Crippen MR) is 71.6 cm³/mol. The number of benzene rings is 1. The van der Waals surface area contributed by atoms with Crippen LogP contribution in [0.2, 0.25) is 5.02 Å². The van der Waals surface area contributed by atoms with Crippen molar-refractivity contribution in [3.63, 3.8) is 0 Å². The zero-order valence-corrected chi connectivity index (χ0v) is 11.0. The fourth-order valence-electron chi connectivity index (χ4n) is 2.04. The van der Waals surface area contributed by atoms with Crippen LogP contribution >= 0.6 is 11.6 Å². The first-order chi connectivity index (χ1) is 8.61. The Kier molecular flexibility index (Phi) is 4.07. The van der Waals surface area contributed by atoms with Crippen LogP contribution in [-0.2, 0) is 4.74 Å². The molecule has 1 aromatic rings. The monoisotopic (exact) mass is 265 g/mol. The topological polar surface area (TPSA) is 62.3 Å². The lowest BCUT2D eigenvalue weighted by atomic mass is 10.1. The Morgan fingerprint density at radius 3 is 3.00 bits per heavy atom. The molecule has 2 N–H and O–H groups in total. The Labute approximate surface area is 112 Å². The molecular formula is C13H16ClN3O. The van der Waals surface area contributed by atoms with Gasteiger partial charge in [-0.1, -0.05) is 17.7 Å². The molecule has 0 saturated carbocycles. The minimum absolute atomic E-state index is 0.0805. The summed E-state index contributed by atoms with van der Waals surface area (Å²) in [5.74, 6) is 0. The highest BCUT2D eigenvalue weighted by molar-refractivity contribution is 6.31. The Morgan fingerprint density at radius 1 is 1.61 bits per heavy atom. The van der Waals surface area contributed by atoms with Gasteiger partial charge in [0.2, 0.25) is 0 Å². The second kappa shape index (κ2) is 5.57. The number of ether oxygens (including phenoxy) is 1. The van der Waals surface area contributed by atoms with Gasteiger partial charge in [-0.2, -0.15) is 5.26 Å². The van der Waals surface area contributed by atoms with Gasteiger partial charge in [-0.15, -0.1) is 0 Å². The highest BCUT2D eigenvalue weighted by Crippen LogP contribution is 2.27. The number of rotatable bonds is 2. The molecule has 2 unspecified atom stereocenters. The van der Waals surface area contributed by atoms with E-state index in [9.17, 15) is 0 Å². The number of anilines is 1. The summed E-state index contributed by atoms with van der Waals surface area (Å²) in [6.45, 7) is 3.81. The SMILES string of the molecule is CC(N)c1ccc(N2CCOC(C#N)C2)cc1Cl. The lowest BCUT2D eigenvalue weighted by molar-refractivity contribution is 0.0764. The minimum Gasteiger partial charge on any atom is -0.365 e. The lowest BCUT2D eigenvalue weighted by Gasteiger charge is -2.32. The van der Waals surface area contributed by atoms with Gasteiger partial charge < -0.3 is 15.4 Å². The van der Waals surface area contributed by atoms with E-state index in [1.165, 1.54) is 0 Å². The standard InChI is InChI=1S/C13H16ClN3O/c1-9(16)12-3-2-10(6-13(12)14)17-4-5-18-11(7-15)8-17/h2-3,6,9,11H,4-5,8,16H2,1H3. The zero-order chi connectivity index (χ0) is 13.1.